The Kier molecular flexibility index (Phi) is 4.99. The number of benzene rings is 2. The molecule has 7 nitrogen and oxygen atoms in total. The van der Waals surface area contributed by atoms with Crippen LogP contribution in [0.3, 0.4) is 0 Å². The molecule has 0 aromatic heterocycles. The quantitative estimate of drug-likeness (QED) is 0.379. The Hall–Kier alpha value is -3.19. The van der Waals surface area contributed by atoms with E-state index in [4.69, 9.17) is 16.3 Å². The molecule has 3 amide bonds. The second-order valence-electron chi connectivity index (χ2n) is 9.70. The Bertz CT molecular complexity index is 1180. The number of carbonyl (C=O) groups excluding carboxylic acids is 4. The highest BCUT2D eigenvalue weighted by atomic mass is 35.5. The number of rotatable bonds is 4. The Balaban J connectivity index is 1.16. The van der Waals surface area contributed by atoms with E-state index in [2.05, 4.69) is 0 Å². The molecule has 2 aromatic rings. The number of fused-ring (bicyclic) bond motifs is 5. The molecule has 4 fully saturated rings. The molecular weight excluding hydrogens is 456 g/mol. The number of hydrogen-bond donors (Lipinski definition) is 0. The Morgan fingerprint density at radius 2 is 1.59 bits per heavy atom. The van der Waals surface area contributed by atoms with E-state index in [0.717, 1.165) is 19.3 Å². The van der Waals surface area contributed by atoms with Gasteiger partial charge in [-0.3, -0.25) is 19.2 Å². The Morgan fingerprint density at radius 3 is 2.26 bits per heavy atom. The first-order valence-corrected chi connectivity index (χ1v) is 12.0. The Labute approximate surface area is 201 Å². The van der Waals surface area contributed by atoms with Crippen LogP contribution in [0.2, 0.25) is 5.02 Å². The monoisotopic (exact) mass is 478 g/mol. The third kappa shape index (κ3) is 3.33. The number of carbonyl (C=O) groups is 4. The van der Waals surface area contributed by atoms with E-state index in [-0.39, 0.29) is 48.3 Å². The van der Waals surface area contributed by atoms with Crippen molar-refractivity contribution in [3.8, 4) is 5.75 Å². The molecule has 2 aromatic carbocycles. The number of anilines is 2. The van der Waals surface area contributed by atoms with Crippen LogP contribution in [0, 0.1) is 29.6 Å². The first-order valence-electron chi connectivity index (χ1n) is 11.7. The van der Waals surface area contributed by atoms with E-state index >= 15 is 0 Å². The summed E-state index contributed by atoms with van der Waals surface area (Å²) in [4.78, 5) is 54.4. The molecule has 6 rings (SSSR count). The summed E-state index contributed by atoms with van der Waals surface area (Å²) < 4.78 is 5.58. The summed E-state index contributed by atoms with van der Waals surface area (Å²) >= 11 is 5.92. The molecule has 2 aliphatic carbocycles. The maximum Gasteiger partial charge on any atom is 0.316 e. The summed E-state index contributed by atoms with van der Waals surface area (Å²) in [7, 11) is 0. The van der Waals surface area contributed by atoms with Gasteiger partial charge < -0.3 is 9.64 Å². The maximum atomic E-state index is 13.1. The molecule has 8 heteroatoms. The SMILES string of the molecule is O=C(Oc1cccc(N2C(=O)[C@@H]3[C@H]4CC[C@@H](C4)[C@@H]3C2=O)c1)[C@@H]1CC(=O)N(c2ccc(Cl)cc2)C1. The van der Waals surface area contributed by atoms with Gasteiger partial charge in [-0.2, -0.15) is 0 Å². The van der Waals surface area contributed by atoms with Crippen molar-refractivity contribution in [2.75, 3.05) is 16.3 Å². The number of ether oxygens (including phenoxy) is 1. The van der Waals surface area contributed by atoms with E-state index in [1.54, 1.807) is 53.4 Å². The van der Waals surface area contributed by atoms with Crippen LogP contribution in [0.5, 0.6) is 5.75 Å². The fourth-order valence-corrected chi connectivity index (χ4v) is 6.41. The van der Waals surface area contributed by atoms with Gasteiger partial charge in [-0.1, -0.05) is 17.7 Å². The average molecular weight is 479 g/mol. The number of nitrogens with zero attached hydrogens (tertiary/aromatic N) is 2. The maximum absolute atomic E-state index is 13.1. The normalized spacial score (nSPS) is 29.8. The van der Waals surface area contributed by atoms with Crippen molar-refractivity contribution in [1.29, 1.82) is 0 Å². The van der Waals surface area contributed by atoms with Crippen LogP contribution in [0.25, 0.3) is 0 Å². The molecule has 2 bridgehead atoms. The van der Waals surface area contributed by atoms with Gasteiger partial charge in [0.05, 0.1) is 23.4 Å². The van der Waals surface area contributed by atoms with Crippen molar-refractivity contribution in [3.63, 3.8) is 0 Å². The topological polar surface area (TPSA) is 84.0 Å². The van der Waals surface area contributed by atoms with Gasteiger partial charge in [0.1, 0.15) is 5.75 Å². The van der Waals surface area contributed by atoms with Gasteiger partial charge in [0, 0.05) is 29.7 Å². The molecule has 2 saturated carbocycles. The molecule has 174 valence electrons. The van der Waals surface area contributed by atoms with E-state index in [1.165, 1.54) is 4.90 Å². The molecule has 34 heavy (non-hydrogen) atoms. The van der Waals surface area contributed by atoms with Gasteiger partial charge in [0.15, 0.2) is 0 Å². The number of halogens is 1. The van der Waals surface area contributed by atoms with Gasteiger partial charge in [-0.05, 0) is 67.5 Å². The van der Waals surface area contributed by atoms with Crippen molar-refractivity contribution in [1.82, 2.24) is 0 Å². The standard InChI is InChI=1S/C26H23ClN2O5/c27-17-6-8-18(9-7-17)28-13-16(11-21(28)30)26(33)34-20-3-1-2-19(12-20)29-24(31)22-14-4-5-15(10-14)23(22)25(29)32/h1-3,6-9,12,14-16,22-23H,4-5,10-11,13H2/t14-,15-,16+,22-,23+/m0/s1. The van der Waals surface area contributed by atoms with Gasteiger partial charge in [-0.25, -0.2) is 4.90 Å². The Morgan fingerprint density at radius 1 is 0.912 bits per heavy atom. The van der Waals surface area contributed by atoms with Crippen LogP contribution >= 0.6 is 11.6 Å². The van der Waals surface area contributed by atoms with Crippen LogP contribution in [-0.2, 0) is 19.2 Å². The lowest BCUT2D eigenvalue weighted by Crippen LogP contribution is -2.32. The van der Waals surface area contributed by atoms with Crippen molar-refractivity contribution < 1.29 is 23.9 Å². The molecule has 0 radical (unpaired) electrons. The molecule has 2 heterocycles. The van der Waals surface area contributed by atoms with Crippen LogP contribution in [0.15, 0.2) is 48.5 Å². The predicted molar refractivity (Wildman–Crippen MR) is 124 cm³/mol. The van der Waals surface area contributed by atoms with Crippen LogP contribution < -0.4 is 14.5 Å². The third-order valence-electron chi connectivity index (χ3n) is 7.82. The highest BCUT2D eigenvalue weighted by Gasteiger charge is 2.61. The zero-order valence-corrected chi connectivity index (χ0v) is 19.1. The van der Waals surface area contributed by atoms with Crippen molar-refractivity contribution >= 4 is 46.7 Å². The van der Waals surface area contributed by atoms with Crippen LogP contribution in [0.4, 0.5) is 11.4 Å². The lowest BCUT2D eigenvalue weighted by molar-refractivity contribution is -0.139. The fourth-order valence-electron chi connectivity index (χ4n) is 6.28. The molecule has 2 saturated heterocycles. The lowest BCUT2D eigenvalue weighted by Gasteiger charge is -2.19. The molecule has 0 spiro atoms. The summed E-state index contributed by atoms with van der Waals surface area (Å²) in [5.74, 6) is -1.11. The van der Waals surface area contributed by atoms with E-state index < -0.39 is 11.9 Å². The van der Waals surface area contributed by atoms with Crippen molar-refractivity contribution in [2.45, 2.75) is 25.7 Å². The summed E-state index contributed by atoms with van der Waals surface area (Å²) in [5.41, 5.74) is 1.11. The van der Waals surface area contributed by atoms with Crippen LogP contribution in [0.1, 0.15) is 25.7 Å². The number of imide groups is 1. The number of hydrogen-bond acceptors (Lipinski definition) is 5. The number of amides is 3. The summed E-state index contributed by atoms with van der Waals surface area (Å²) in [5, 5.41) is 0.567. The van der Waals surface area contributed by atoms with Crippen molar-refractivity contribution in [2.24, 2.45) is 29.6 Å². The fraction of sp³-hybridized carbons (Fsp3) is 0.385. The van der Waals surface area contributed by atoms with E-state index in [0.29, 0.717) is 28.2 Å². The molecule has 2 aliphatic heterocycles. The van der Waals surface area contributed by atoms with E-state index in [9.17, 15) is 19.2 Å². The highest BCUT2D eigenvalue weighted by molar-refractivity contribution is 6.30. The molecule has 0 N–H and O–H groups in total. The van der Waals surface area contributed by atoms with Gasteiger partial charge in [0.2, 0.25) is 17.7 Å². The average Bonchev–Trinajstić information content (AvgIpc) is 3.58. The smallest absolute Gasteiger partial charge is 0.316 e. The molecule has 4 aliphatic rings. The zero-order chi connectivity index (χ0) is 23.6. The molecule has 0 unspecified atom stereocenters. The summed E-state index contributed by atoms with van der Waals surface area (Å²) in [6, 6.07) is 13.4. The highest BCUT2D eigenvalue weighted by Crippen LogP contribution is 2.56. The minimum atomic E-state index is -0.614. The summed E-state index contributed by atoms with van der Waals surface area (Å²) in [6.45, 7) is 0.216. The second-order valence-corrected chi connectivity index (χ2v) is 10.1. The van der Waals surface area contributed by atoms with Gasteiger partial charge in [-0.15, -0.1) is 0 Å². The van der Waals surface area contributed by atoms with E-state index in [1.807, 2.05) is 0 Å². The minimum Gasteiger partial charge on any atom is -0.426 e. The van der Waals surface area contributed by atoms with Crippen LogP contribution in [-0.4, -0.2) is 30.2 Å². The molecule has 5 atom stereocenters. The first kappa shape index (κ1) is 21.4. The first-order chi connectivity index (χ1) is 16.4. The predicted octanol–water partition coefficient (Wildman–Crippen LogP) is 3.83. The van der Waals surface area contributed by atoms with Gasteiger partial charge in [0.25, 0.3) is 0 Å². The molecular formula is C26H23ClN2O5. The number of esters is 1. The minimum absolute atomic E-state index is 0.0520. The van der Waals surface area contributed by atoms with Crippen molar-refractivity contribution in [3.05, 3.63) is 53.6 Å². The lowest BCUT2D eigenvalue weighted by atomic mass is 9.81. The third-order valence-corrected chi connectivity index (χ3v) is 8.07. The second kappa shape index (κ2) is 7.94. The largest absolute Gasteiger partial charge is 0.426 e. The zero-order valence-electron chi connectivity index (χ0n) is 18.4. The summed E-state index contributed by atoms with van der Waals surface area (Å²) in [6.07, 6.45) is 3.06. The van der Waals surface area contributed by atoms with Gasteiger partial charge >= 0.3 is 5.97 Å².